The van der Waals surface area contributed by atoms with Gasteiger partial charge in [0, 0.05) is 6.42 Å². The standard InChI is InChI=1S/C25H21ClN4O2S/c26-20-14-8-7-13-19(20)24(32)27-21(18-11-5-2-6-12-18)16-22(31)28-25-30-29-23(33-25)15-17-9-3-1-4-10-17/h1-14,21H,15-16H2,(H,27,32)(H,28,30,31)/t21-/m1/s1. The summed E-state index contributed by atoms with van der Waals surface area (Å²) in [5.74, 6) is -0.617. The van der Waals surface area contributed by atoms with E-state index in [0.717, 1.165) is 16.1 Å². The van der Waals surface area contributed by atoms with Crippen LogP contribution in [-0.2, 0) is 11.2 Å². The van der Waals surface area contributed by atoms with Crippen LogP contribution in [0.5, 0.6) is 0 Å². The average Bonchev–Trinajstić information content (AvgIpc) is 3.26. The van der Waals surface area contributed by atoms with E-state index in [1.54, 1.807) is 24.3 Å². The van der Waals surface area contributed by atoms with Gasteiger partial charge in [0.1, 0.15) is 5.01 Å². The maximum absolute atomic E-state index is 12.8. The molecule has 1 heterocycles. The first-order valence-electron chi connectivity index (χ1n) is 10.3. The maximum Gasteiger partial charge on any atom is 0.253 e. The largest absolute Gasteiger partial charge is 0.345 e. The highest BCUT2D eigenvalue weighted by molar-refractivity contribution is 7.15. The number of carbonyl (C=O) groups excluding carboxylic acids is 2. The van der Waals surface area contributed by atoms with E-state index >= 15 is 0 Å². The lowest BCUT2D eigenvalue weighted by molar-refractivity contribution is -0.116. The van der Waals surface area contributed by atoms with Gasteiger partial charge < -0.3 is 10.6 Å². The summed E-state index contributed by atoms with van der Waals surface area (Å²) < 4.78 is 0. The number of amides is 2. The summed E-state index contributed by atoms with van der Waals surface area (Å²) in [6.45, 7) is 0. The molecule has 0 saturated carbocycles. The highest BCUT2D eigenvalue weighted by atomic mass is 35.5. The number of aromatic nitrogens is 2. The van der Waals surface area contributed by atoms with Crippen molar-refractivity contribution in [2.75, 3.05) is 5.32 Å². The van der Waals surface area contributed by atoms with Gasteiger partial charge in [-0.3, -0.25) is 9.59 Å². The fourth-order valence-electron chi connectivity index (χ4n) is 3.32. The summed E-state index contributed by atoms with van der Waals surface area (Å²) in [4.78, 5) is 25.6. The van der Waals surface area contributed by atoms with Gasteiger partial charge in [-0.1, -0.05) is 95.7 Å². The van der Waals surface area contributed by atoms with Gasteiger partial charge in [0.2, 0.25) is 11.0 Å². The first-order chi connectivity index (χ1) is 16.1. The summed E-state index contributed by atoms with van der Waals surface area (Å²) in [7, 11) is 0. The molecule has 0 unspecified atom stereocenters. The van der Waals surface area contributed by atoms with Crippen molar-refractivity contribution in [2.45, 2.75) is 18.9 Å². The van der Waals surface area contributed by atoms with Crippen molar-refractivity contribution in [2.24, 2.45) is 0 Å². The van der Waals surface area contributed by atoms with Gasteiger partial charge >= 0.3 is 0 Å². The monoisotopic (exact) mass is 476 g/mol. The van der Waals surface area contributed by atoms with Crippen LogP contribution in [0.1, 0.15) is 39.0 Å². The normalized spacial score (nSPS) is 11.5. The van der Waals surface area contributed by atoms with Gasteiger partial charge in [0.25, 0.3) is 5.91 Å². The summed E-state index contributed by atoms with van der Waals surface area (Å²) in [5, 5.41) is 15.6. The number of halogens is 1. The molecule has 4 aromatic rings. The van der Waals surface area contributed by atoms with Crippen molar-refractivity contribution in [1.29, 1.82) is 0 Å². The number of hydrogen-bond acceptors (Lipinski definition) is 5. The van der Waals surface area contributed by atoms with Crippen molar-refractivity contribution in [3.8, 4) is 0 Å². The van der Waals surface area contributed by atoms with Gasteiger partial charge in [-0.25, -0.2) is 0 Å². The van der Waals surface area contributed by atoms with E-state index in [0.29, 0.717) is 22.1 Å². The van der Waals surface area contributed by atoms with E-state index in [-0.39, 0.29) is 18.2 Å². The van der Waals surface area contributed by atoms with Crippen molar-refractivity contribution in [3.05, 3.63) is 112 Å². The van der Waals surface area contributed by atoms with Crippen molar-refractivity contribution in [3.63, 3.8) is 0 Å². The molecule has 6 nitrogen and oxygen atoms in total. The Hall–Kier alpha value is -3.55. The van der Waals surface area contributed by atoms with Gasteiger partial charge in [0.15, 0.2) is 0 Å². The van der Waals surface area contributed by atoms with Crippen molar-refractivity contribution >= 4 is 39.9 Å². The first kappa shape index (κ1) is 22.6. The minimum atomic E-state index is -0.535. The minimum Gasteiger partial charge on any atom is -0.345 e. The Morgan fingerprint density at radius 2 is 1.55 bits per heavy atom. The number of hydrogen-bond donors (Lipinski definition) is 2. The molecular weight excluding hydrogens is 456 g/mol. The topological polar surface area (TPSA) is 84.0 Å². The third-order valence-electron chi connectivity index (χ3n) is 4.93. The molecule has 0 aliphatic heterocycles. The van der Waals surface area contributed by atoms with Crippen LogP contribution in [0.15, 0.2) is 84.9 Å². The molecule has 0 aliphatic rings. The highest BCUT2D eigenvalue weighted by Crippen LogP contribution is 2.23. The second kappa shape index (κ2) is 10.8. The summed E-state index contributed by atoms with van der Waals surface area (Å²) in [6.07, 6.45) is 0.683. The summed E-state index contributed by atoms with van der Waals surface area (Å²) in [6, 6.07) is 25.6. The zero-order chi connectivity index (χ0) is 23.0. The second-order valence-electron chi connectivity index (χ2n) is 7.33. The van der Waals surface area contributed by atoms with Gasteiger partial charge in [-0.2, -0.15) is 0 Å². The molecule has 2 N–H and O–H groups in total. The van der Waals surface area contributed by atoms with E-state index in [2.05, 4.69) is 20.8 Å². The number of anilines is 1. The Balaban J connectivity index is 1.43. The molecule has 4 rings (SSSR count). The smallest absolute Gasteiger partial charge is 0.253 e. The van der Waals surface area contributed by atoms with Crippen LogP contribution in [0, 0.1) is 0 Å². The number of nitrogens with one attached hydrogen (secondary N) is 2. The van der Waals surface area contributed by atoms with Crippen LogP contribution in [0.3, 0.4) is 0 Å². The van der Waals surface area contributed by atoms with Crippen LogP contribution in [-0.4, -0.2) is 22.0 Å². The quantitative estimate of drug-likeness (QED) is 0.362. The molecule has 0 radical (unpaired) electrons. The van der Waals surface area contributed by atoms with Crippen LogP contribution >= 0.6 is 22.9 Å². The van der Waals surface area contributed by atoms with Crippen LogP contribution in [0.4, 0.5) is 5.13 Å². The van der Waals surface area contributed by atoms with Crippen LogP contribution in [0.2, 0.25) is 5.02 Å². The fourth-order valence-corrected chi connectivity index (χ4v) is 4.33. The lowest BCUT2D eigenvalue weighted by Gasteiger charge is -2.19. The molecule has 0 spiro atoms. The van der Waals surface area contributed by atoms with Crippen molar-refractivity contribution in [1.82, 2.24) is 15.5 Å². The van der Waals surface area contributed by atoms with E-state index < -0.39 is 6.04 Å². The lowest BCUT2D eigenvalue weighted by Crippen LogP contribution is -2.31. The number of benzene rings is 3. The van der Waals surface area contributed by atoms with E-state index in [1.807, 2.05) is 60.7 Å². The minimum absolute atomic E-state index is 0.0355. The average molecular weight is 477 g/mol. The molecule has 33 heavy (non-hydrogen) atoms. The van der Waals surface area contributed by atoms with Crippen LogP contribution in [0.25, 0.3) is 0 Å². The summed E-state index contributed by atoms with van der Waals surface area (Å²) in [5.41, 5.74) is 2.29. The molecule has 1 atom stereocenters. The maximum atomic E-state index is 12.8. The highest BCUT2D eigenvalue weighted by Gasteiger charge is 2.21. The SMILES string of the molecule is O=C(C[C@@H](NC(=O)c1ccccc1Cl)c1ccccc1)Nc1nnc(Cc2ccccc2)s1. The number of carbonyl (C=O) groups is 2. The number of nitrogens with zero attached hydrogens (tertiary/aromatic N) is 2. The molecule has 0 bridgehead atoms. The molecule has 8 heteroatoms. The lowest BCUT2D eigenvalue weighted by atomic mass is 10.0. The Morgan fingerprint density at radius 3 is 2.27 bits per heavy atom. The third-order valence-corrected chi connectivity index (χ3v) is 6.09. The molecular formula is C25H21ClN4O2S. The Kier molecular flexibility index (Phi) is 7.44. The van der Waals surface area contributed by atoms with Crippen molar-refractivity contribution < 1.29 is 9.59 Å². The Bertz CT molecular complexity index is 1230. The van der Waals surface area contributed by atoms with Gasteiger partial charge in [0.05, 0.1) is 23.0 Å². The predicted octanol–water partition coefficient (Wildman–Crippen LogP) is 5.28. The second-order valence-corrected chi connectivity index (χ2v) is 8.80. The fraction of sp³-hybridized carbons (Fsp3) is 0.120. The van der Waals surface area contributed by atoms with E-state index in [4.69, 9.17) is 11.6 Å². The molecule has 1 aromatic heterocycles. The predicted molar refractivity (Wildman–Crippen MR) is 131 cm³/mol. The Morgan fingerprint density at radius 1 is 0.879 bits per heavy atom. The van der Waals surface area contributed by atoms with E-state index in [1.165, 1.54) is 11.3 Å². The molecule has 0 aliphatic carbocycles. The van der Waals surface area contributed by atoms with Gasteiger partial charge in [-0.05, 0) is 23.3 Å². The van der Waals surface area contributed by atoms with Gasteiger partial charge in [-0.15, -0.1) is 10.2 Å². The van der Waals surface area contributed by atoms with Crippen LogP contribution < -0.4 is 10.6 Å². The molecule has 0 fully saturated rings. The first-order valence-corrected chi connectivity index (χ1v) is 11.5. The molecule has 0 saturated heterocycles. The Labute approximate surface area is 200 Å². The zero-order valence-corrected chi connectivity index (χ0v) is 19.1. The van der Waals surface area contributed by atoms with E-state index in [9.17, 15) is 9.59 Å². The zero-order valence-electron chi connectivity index (χ0n) is 17.6. The third kappa shape index (κ3) is 6.25. The molecule has 166 valence electrons. The molecule has 2 amide bonds. The number of rotatable bonds is 8. The molecule has 3 aromatic carbocycles. The summed E-state index contributed by atoms with van der Waals surface area (Å²) >= 11 is 7.50.